The second kappa shape index (κ2) is 5.46. The first kappa shape index (κ1) is 13.0. The lowest BCUT2D eigenvalue weighted by Crippen LogP contribution is -2.21. The van der Waals surface area contributed by atoms with Crippen molar-refractivity contribution >= 4 is 16.5 Å². The van der Waals surface area contributed by atoms with Gasteiger partial charge >= 0.3 is 0 Å². The molecule has 0 fully saturated rings. The van der Waals surface area contributed by atoms with Crippen LogP contribution in [0.15, 0.2) is 30.5 Å². The van der Waals surface area contributed by atoms with Gasteiger partial charge in [0, 0.05) is 23.7 Å². The van der Waals surface area contributed by atoms with Gasteiger partial charge in [0.25, 0.3) is 0 Å². The maximum absolute atomic E-state index is 12.9. The largest absolute Gasteiger partial charge is 0.375 e. The number of aromatic nitrogens is 1. The van der Waals surface area contributed by atoms with Gasteiger partial charge in [-0.15, -0.1) is 11.3 Å². The van der Waals surface area contributed by atoms with Gasteiger partial charge in [-0.1, -0.05) is 12.1 Å². The molecule has 1 heterocycles. The van der Waals surface area contributed by atoms with Gasteiger partial charge in [-0.3, -0.25) is 4.90 Å². The predicted molar refractivity (Wildman–Crippen MR) is 72.8 cm³/mol. The average molecular weight is 265 g/mol. The van der Waals surface area contributed by atoms with Gasteiger partial charge in [0.1, 0.15) is 5.82 Å². The number of benzene rings is 1. The molecule has 1 aromatic carbocycles. The molecule has 2 aromatic rings. The van der Waals surface area contributed by atoms with Gasteiger partial charge in [-0.2, -0.15) is 0 Å². The Balaban J connectivity index is 2.04. The van der Waals surface area contributed by atoms with Crippen molar-refractivity contribution in [2.24, 2.45) is 0 Å². The summed E-state index contributed by atoms with van der Waals surface area (Å²) in [6.45, 7) is 2.88. The zero-order valence-electron chi connectivity index (χ0n) is 10.4. The molecule has 2 rings (SSSR count). The Morgan fingerprint density at radius 2 is 2.06 bits per heavy atom. The molecule has 96 valence electrons. The van der Waals surface area contributed by atoms with E-state index in [1.165, 1.54) is 23.5 Å². The van der Waals surface area contributed by atoms with Crippen molar-refractivity contribution in [2.45, 2.75) is 19.5 Å². The summed E-state index contributed by atoms with van der Waals surface area (Å²) in [6.07, 6.45) is 1.80. The van der Waals surface area contributed by atoms with Crippen molar-refractivity contribution < 1.29 is 4.39 Å². The fraction of sp³-hybridized carbons (Fsp3) is 0.308. The lowest BCUT2D eigenvalue weighted by molar-refractivity contribution is 0.255. The molecule has 0 amide bonds. The number of thiazole rings is 1. The Morgan fingerprint density at radius 3 is 2.61 bits per heavy atom. The maximum Gasteiger partial charge on any atom is 0.180 e. The zero-order valence-corrected chi connectivity index (χ0v) is 11.2. The predicted octanol–water partition coefficient (Wildman–Crippen LogP) is 3.06. The number of nitrogens with two attached hydrogens (primary N) is 1. The van der Waals surface area contributed by atoms with E-state index in [0.717, 1.165) is 17.0 Å². The normalized spacial score (nSPS) is 12.9. The molecule has 0 radical (unpaired) electrons. The Morgan fingerprint density at radius 1 is 1.39 bits per heavy atom. The smallest absolute Gasteiger partial charge is 0.180 e. The van der Waals surface area contributed by atoms with E-state index < -0.39 is 0 Å². The van der Waals surface area contributed by atoms with E-state index in [1.807, 2.05) is 19.2 Å². The number of rotatable bonds is 4. The highest BCUT2D eigenvalue weighted by Gasteiger charge is 2.13. The number of anilines is 1. The lowest BCUT2D eigenvalue weighted by atomic mass is 10.1. The van der Waals surface area contributed by atoms with Crippen molar-refractivity contribution in [3.63, 3.8) is 0 Å². The molecule has 5 heteroatoms. The summed E-state index contributed by atoms with van der Waals surface area (Å²) in [5.74, 6) is -0.205. The summed E-state index contributed by atoms with van der Waals surface area (Å²) in [7, 11) is 2.03. The Hall–Kier alpha value is -1.46. The summed E-state index contributed by atoms with van der Waals surface area (Å²) >= 11 is 1.50. The summed E-state index contributed by atoms with van der Waals surface area (Å²) in [4.78, 5) is 7.34. The first-order chi connectivity index (χ1) is 8.56. The second-order valence-electron chi connectivity index (χ2n) is 4.31. The molecule has 18 heavy (non-hydrogen) atoms. The zero-order chi connectivity index (χ0) is 13.1. The minimum Gasteiger partial charge on any atom is -0.375 e. The Bertz CT molecular complexity index is 509. The standard InChI is InChI=1S/C13H16FN3S/c1-9(10-3-5-11(14)6-4-10)17(2)8-12-7-16-13(15)18-12/h3-7,9H,8H2,1-2H3,(H2,15,16). The van der Waals surface area contributed by atoms with E-state index in [2.05, 4.69) is 16.8 Å². The molecule has 0 bridgehead atoms. The van der Waals surface area contributed by atoms with Gasteiger partial charge in [0.05, 0.1) is 0 Å². The molecule has 1 unspecified atom stereocenters. The minimum absolute atomic E-state index is 0.205. The summed E-state index contributed by atoms with van der Waals surface area (Å²) in [6, 6.07) is 6.83. The molecule has 1 atom stereocenters. The van der Waals surface area contributed by atoms with Gasteiger partial charge in [0.15, 0.2) is 5.13 Å². The van der Waals surface area contributed by atoms with Crippen LogP contribution in [0.4, 0.5) is 9.52 Å². The molecule has 0 aliphatic rings. The van der Waals surface area contributed by atoms with Crippen LogP contribution in [0.5, 0.6) is 0 Å². The van der Waals surface area contributed by atoms with Crippen LogP contribution in [0.25, 0.3) is 0 Å². The minimum atomic E-state index is -0.205. The summed E-state index contributed by atoms with van der Waals surface area (Å²) in [5.41, 5.74) is 6.70. The average Bonchev–Trinajstić information content (AvgIpc) is 2.75. The van der Waals surface area contributed by atoms with Gasteiger partial charge < -0.3 is 5.73 Å². The number of hydrogen-bond acceptors (Lipinski definition) is 4. The van der Waals surface area contributed by atoms with Gasteiger partial charge in [-0.05, 0) is 31.7 Å². The number of halogens is 1. The van der Waals surface area contributed by atoms with E-state index in [0.29, 0.717) is 5.13 Å². The Labute approximate surface area is 110 Å². The van der Waals surface area contributed by atoms with Crippen molar-refractivity contribution in [1.82, 2.24) is 9.88 Å². The van der Waals surface area contributed by atoms with Crippen molar-refractivity contribution in [3.05, 3.63) is 46.7 Å². The highest BCUT2D eigenvalue weighted by atomic mass is 32.1. The summed E-state index contributed by atoms with van der Waals surface area (Å²) < 4.78 is 12.9. The fourth-order valence-electron chi connectivity index (χ4n) is 1.77. The quantitative estimate of drug-likeness (QED) is 0.923. The van der Waals surface area contributed by atoms with Gasteiger partial charge in [-0.25, -0.2) is 9.37 Å². The molecule has 0 saturated heterocycles. The van der Waals surface area contributed by atoms with E-state index in [-0.39, 0.29) is 11.9 Å². The first-order valence-electron chi connectivity index (χ1n) is 5.72. The van der Waals surface area contributed by atoms with Crippen LogP contribution < -0.4 is 5.73 Å². The number of nitrogens with zero attached hydrogens (tertiary/aromatic N) is 2. The van der Waals surface area contributed by atoms with Crippen molar-refractivity contribution in [1.29, 1.82) is 0 Å². The van der Waals surface area contributed by atoms with Crippen LogP contribution in [0.3, 0.4) is 0 Å². The monoisotopic (exact) mass is 265 g/mol. The number of hydrogen-bond donors (Lipinski definition) is 1. The van der Waals surface area contributed by atoms with Crippen LogP contribution in [0.1, 0.15) is 23.4 Å². The van der Waals surface area contributed by atoms with Crippen molar-refractivity contribution in [3.8, 4) is 0 Å². The van der Waals surface area contributed by atoms with Crippen LogP contribution in [0, 0.1) is 5.82 Å². The topological polar surface area (TPSA) is 42.2 Å². The van der Waals surface area contributed by atoms with Crippen LogP contribution in [-0.2, 0) is 6.54 Å². The molecule has 1 aromatic heterocycles. The number of nitrogen functional groups attached to an aromatic ring is 1. The second-order valence-corrected chi connectivity index (χ2v) is 5.45. The van der Waals surface area contributed by atoms with Crippen LogP contribution in [0.2, 0.25) is 0 Å². The van der Waals surface area contributed by atoms with E-state index in [4.69, 9.17) is 5.73 Å². The highest BCUT2D eigenvalue weighted by molar-refractivity contribution is 7.15. The highest BCUT2D eigenvalue weighted by Crippen LogP contribution is 2.23. The van der Waals surface area contributed by atoms with Crippen LogP contribution in [-0.4, -0.2) is 16.9 Å². The van der Waals surface area contributed by atoms with E-state index in [1.54, 1.807) is 6.20 Å². The molecule has 0 aliphatic heterocycles. The molecule has 0 spiro atoms. The SMILES string of the molecule is CC(c1ccc(F)cc1)N(C)Cc1cnc(N)s1. The molecule has 3 nitrogen and oxygen atoms in total. The molecular weight excluding hydrogens is 249 g/mol. The first-order valence-corrected chi connectivity index (χ1v) is 6.54. The third-order valence-electron chi connectivity index (χ3n) is 2.99. The lowest BCUT2D eigenvalue weighted by Gasteiger charge is -2.24. The summed E-state index contributed by atoms with van der Waals surface area (Å²) in [5, 5.41) is 0.591. The van der Waals surface area contributed by atoms with Crippen molar-refractivity contribution in [2.75, 3.05) is 12.8 Å². The third-order valence-corrected chi connectivity index (χ3v) is 3.80. The molecule has 2 N–H and O–H groups in total. The molecule has 0 aliphatic carbocycles. The van der Waals surface area contributed by atoms with E-state index in [9.17, 15) is 4.39 Å². The van der Waals surface area contributed by atoms with Crippen LogP contribution >= 0.6 is 11.3 Å². The van der Waals surface area contributed by atoms with Gasteiger partial charge in [0.2, 0.25) is 0 Å². The van der Waals surface area contributed by atoms with E-state index >= 15 is 0 Å². The third kappa shape index (κ3) is 3.05. The molecular formula is C13H16FN3S. The maximum atomic E-state index is 12.9. The molecule has 0 saturated carbocycles. The fourth-order valence-corrected chi connectivity index (χ4v) is 2.52. The Kier molecular flexibility index (Phi) is 3.93.